The number of amides is 4. The predicted octanol–water partition coefficient (Wildman–Crippen LogP) is 1.45. The molecular formula is C32H42N6O5S. The van der Waals surface area contributed by atoms with Crippen LogP contribution in [0.2, 0.25) is 0 Å². The number of carbonyl (C=O) groups excluding carboxylic acids is 5. The smallest absolute Gasteiger partial charge is 0.240 e. The van der Waals surface area contributed by atoms with E-state index in [2.05, 4.69) is 16.0 Å². The average Bonchev–Trinajstić information content (AvgIpc) is 3.40. The Hall–Kier alpha value is -4.13. The monoisotopic (exact) mass is 622 g/mol. The van der Waals surface area contributed by atoms with Crippen LogP contribution >= 0.6 is 11.3 Å². The van der Waals surface area contributed by atoms with Gasteiger partial charge in [0.05, 0.1) is 18.1 Å². The zero-order valence-corrected chi connectivity index (χ0v) is 25.7. The Morgan fingerprint density at radius 2 is 1.43 bits per heavy atom. The number of Topliss-reactive ketones (excluding diaryl/α,β-unsaturated/α-hetero) is 1. The van der Waals surface area contributed by atoms with E-state index in [0.29, 0.717) is 38.6 Å². The Morgan fingerprint density at radius 1 is 0.795 bits per heavy atom. The van der Waals surface area contributed by atoms with E-state index >= 15 is 0 Å². The standard InChI is InChI=1S/C32H42N6O5S/c1-20(39)26(37-32(43)25(34)18-22-19-44-28-13-6-5-11-23(22)28)14-15-29(40)36-16-8-7-12-27(30(35)41)38-31(42)24(33)17-21-9-3-2-4-10-21/h2-6,9-11,13,19,24-27H,7-8,12,14-18,33-34H2,1H3,(H2,35,41)(H,36,40)(H,37,43)(H,38,42)/t24-,25-,26-,27-/m0/s1. The topological polar surface area (TPSA) is 200 Å². The normalized spacial score (nSPS) is 13.8. The fourth-order valence-corrected chi connectivity index (χ4v) is 5.74. The maximum atomic E-state index is 12.7. The number of hydrogen-bond donors (Lipinski definition) is 6. The second kappa shape index (κ2) is 17.2. The summed E-state index contributed by atoms with van der Waals surface area (Å²) in [6.45, 7) is 1.70. The van der Waals surface area contributed by atoms with Gasteiger partial charge in [-0.25, -0.2) is 0 Å². The van der Waals surface area contributed by atoms with E-state index in [9.17, 15) is 24.0 Å². The number of nitrogens with two attached hydrogens (primary N) is 3. The largest absolute Gasteiger partial charge is 0.368 e. The highest BCUT2D eigenvalue weighted by Crippen LogP contribution is 2.26. The summed E-state index contributed by atoms with van der Waals surface area (Å²) < 4.78 is 1.11. The number of rotatable bonds is 18. The second-order valence-corrected chi connectivity index (χ2v) is 11.8. The lowest BCUT2D eigenvalue weighted by atomic mass is 10.0. The minimum atomic E-state index is -0.871. The summed E-state index contributed by atoms with van der Waals surface area (Å²) in [6, 6.07) is 13.9. The maximum Gasteiger partial charge on any atom is 0.240 e. The minimum absolute atomic E-state index is 0.0359. The highest BCUT2D eigenvalue weighted by molar-refractivity contribution is 7.17. The van der Waals surface area contributed by atoms with Gasteiger partial charge in [0.15, 0.2) is 5.78 Å². The number of carbonyl (C=O) groups is 5. The number of unbranched alkanes of at least 4 members (excludes halogenated alkanes) is 1. The van der Waals surface area contributed by atoms with Crippen molar-refractivity contribution in [3.63, 3.8) is 0 Å². The van der Waals surface area contributed by atoms with Crippen LogP contribution in [-0.4, -0.2) is 60.1 Å². The summed E-state index contributed by atoms with van der Waals surface area (Å²) in [5.41, 5.74) is 19.5. The van der Waals surface area contributed by atoms with Gasteiger partial charge in [-0.2, -0.15) is 0 Å². The molecule has 0 spiro atoms. The molecule has 3 aromatic rings. The molecular weight excluding hydrogens is 580 g/mol. The van der Waals surface area contributed by atoms with E-state index in [1.54, 1.807) is 11.3 Å². The molecule has 1 aromatic heterocycles. The highest BCUT2D eigenvalue weighted by Gasteiger charge is 2.24. The molecule has 11 nitrogen and oxygen atoms in total. The quantitative estimate of drug-likeness (QED) is 0.115. The van der Waals surface area contributed by atoms with Crippen LogP contribution < -0.4 is 33.2 Å². The zero-order chi connectivity index (χ0) is 32.1. The first-order chi connectivity index (χ1) is 21.0. The van der Waals surface area contributed by atoms with Gasteiger partial charge in [0, 0.05) is 17.7 Å². The molecule has 0 saturated heterocycles. The number of primary amides is 1. The summed E-state index contributed by atoms with van der Waals surface area (Å²) in [5, 5.41) is 11.1. The second-order valence-electron chi connectivity index (χ2n) is 10.9. The van der Waals surface area contributed by atoms with Crippen LogP contribution in [-0.2, 0) is 36.8 Å². The molecule has 0 saturated carbocycles. The lowest BCUT2D eigenvalue weighted by Crippen LogP contribution is -2.51. The molecule has 2 aromatic carbocycles. The molecule has 0 fully saturated rings. The molecule has 236 valence electrons. The van der Waals surface area contributed by atoms with Gasteiger partial charge in [0.2, 0.25) is 23.6 Å². The van der Waals surface area contributed by atoms with Crippen LogP contribution in [0, 0.1) is 0 Å². The third-order valence-corrected chi connectivity index (χ3v) is 8.35. The van der Waals surface area contributed by atoms with Crippen molar-refractivity contribution in [2.45, 2.75) is 76.0 Å². The van der Waals surface area contributed by atoms with Crippen molar-refractivity contribution in [1.82, 2.24) is 16.0 Å². The highest BCUT2D eigenvalue weighted by atomic mass is 32.1. The van der Waals surface area contributed by atoms with Gasteiger partial charge in [-0.3, -0.25) is 24.0 Å². The first-order valence-corrected chi connectivity index (χ1v) is 15.6. The van der Waals surface area contributed by atoms with Crippen molar-refractivity contribution in [3.05, 3.63) is 71.1 Å². The van der Waals surface area contributed by atoms with Gasteiger partial charge in [-0.15, -0.1) is 11.3 Å². The van der Waals surface area contributed by atoms with Gasteiger partial charge in [-0.05, 0) is 73.4 Å². The lowest BCUT2D eigenvalue weighted by Gasteiger charge is -2.19. The Balaban J connectivity index is 1.35. The molecule has 3 rings (SSSR count). The molecule has 1 heterocycles. The van der Waals surface area contributed by atoms with Crippen LogP contribution in [0.4, 0.5) is 0 Å². The van der Waals surface area contributed by atoms with Crippen LogP contribution in [0.15, 0.2) is 60.0 Å². The van der Waals surface area contributed by atoms with Crippen molar-refractivity contribution < 1.29 is 24.0 Å². The fourth-order valence-electron chi connectivity index (χ4n) is 4.77. The van der Waals surface area contributed by atoms with Crippen LogP contribution in [0.25, 0.3) is 10.1 Å². The molecule has 0 aliphatic rings. The Morgan fingerprint density at radius 3 is 2.11 bits per heavy atom. The van der Waals surface area contributed by atoms with Crippen molar-refractivity contribution in [2.24, 2.45) is 17.2 Å². The van der Waals surface area contributed by atoms with Crippen LogP contribution in [0.1, 0.15) is 50.2 Å². The molecule has 9 N–H and O–H groups in total. The number of hydrogen-bond acceptors (Lipinski definition) is 8. The SMILES string of the molecule is CC(=O)[C@H](CCC(=O)NCCCC[C@H](NC(=O)[C@@H](N)Cc1ccccc1)C(N)=O)NC(=O)[C@@H](N)Cc1csc2ccccc12. The van der Waals surface area contributed by atoms with E-state index in [0.717, 1.165) is 21.2 Å². The van der Waals surface area contributed by atoms with Gasteiger partial charge >= 0.3 is 0 Å². The molecule has 4 amide bonds. The summed E-state index contributed by atoms with van der Waals surface area (Å²) in [7, 11) is 0. The third-order valence-electron chi connectivity index (χ3n) is 7.34. The summed E-state index contributed by atoms with van der Waals surface area (Å²) in [4.78, 5) is 61.7. The molecule has 4 atom stereocenters. The minimum Gasteiger partial charge on any atom is -0.368 e. The lowest BCUT2D eigenvalue weighted by molar-refractivity contribution is -0.128. The van der Waals surface area contributed by atoms with Crippen molar-refractivity contribution >= 4 is 50.8 Å². The first kappa shape index (κ1) is 34.4. The van der Waals surface area contributed by atoms with Crippen LogP contribution in [0.5, 0.6) is 0 Å². The summed E-state index contributed by atoms with van der Waals surface area (Å²) >= 11 is 1.59. The average molecular weight is 623 g/mol. The Labute approximate surface area is 261 Å². The van der Waals surface area contributed by atoms with Gasteiger partial charge < -0.3 is 33.2 Å². The van der Waals surface area contributed by atoms with Crippen LogP contribution in [0.3, 0.4) is 0 Å². The molecule has 0 bridgehead atoms. The molecule has 0 unspecified atom stereocenters. The third kappa shape index (κ3) is 10.9. The maximum absolute atomic E-state index is 12.7. The molecule has 0 radical (unpaired) electrons. The van der Waals surface area contributed by atoms with Gasteiger partial charge in [0.25, 0.3) is 0 Å². The summed E-state index contributed by atoms with van der Waals surface area (Å²) in [5.74, 6) is -2.10. The van der Waals surface area contributed by atoms with E-state index in [-0.39, 0.29) is 24.5 Å². The van der Waals surface area contributed by atoms with Gasteiger partial charge in [-0.1, -0.05) is 48.5 Å². The van der Waals surface area contributed by atoms with Gasteiger partial charge in [0.1, 0.15) is 6.04 Å². The van der Waals surface area contributed by atoms with E-state index in [1.807, 2.05) is 60.0 Å². The summed E-state index contributed by atoms with van der Waals surface area (Å²) in [6.07, 6.45) is 2.20. The molecule has 44 heavy (non-hydrogen) atoms. The Bertz CT molecular complexity index is 1430. The number of ketones is 1. The number of benzene rings is 2. The molecule has 12 heteroatoms. The predicted molar refractivity (Wildman–Crippen MR) is 171 cm³/mol. The molecule has 0 aliphatic heterocycles. The van der Waals surface area contributed by atoms with E-state index in [4.69, 9.17) is 17.2 Å². The van der Waals surface area contributed by atoms with Crippen molar-refractivity contribution in [2.75, 3.05) is 6.54 Å². The number of thiophene rings is 1. The number of fused-ring (bicyclic) bond motifs is 1. The Kier molecular flexibility index (Phi) is 13.5. The fraction of sp³-hybridized carbons (Fsp3) is 0.406. The molecule has 0 aliphatic carbocycles. The van der Waals surface area contributed by atoms with Crippen molar-refractivity contribution in [3.8, 4) is 0 Å². The zero-order valence-electron chi connectivity index (χ0n) is 24.9. The first-order valence-electron chi connectivity index (χ1n) is 14.7. The van der Waals surface area contributed by atoms with E-state index in [1.165, 1.54) is 6.92 Å². The van der Waals surface area contributed by atoms with E-state index < -0.39 is 41.9 Å². The van der Waals surface area contributed by atoms with Crippen molar-refractivity contribution in [1.29, 1.82) is 0 Å². The number of nitrogens with one attached hydrogen (secondary N) is 3.